The van der Waals surface area contributed by atoms with Gasteiger partial charge in [-0.15, -0.1) is 0 Å². The van der Waals surface area contributed by atoms with Crippen LogP contribution in [0.15, 0.2) is 84.9 Å². The normalized spacial score (nSPS) is 16.4. The number of nitrogens with zero attached hydrogens (tertiary/aromatic N) is 2. The minimum atomic E-state index is -0.118. The minimum absolute atomic E-state index is 0.118. The van der Waals surface area contributed by atoms with Crippen molar-refractivity contribution in [2.75, 3.05) is 39.3 Å². The number of piperazine rings is 1. The van der Waals surface area contributed by atoms with Gasteiger partial charge >= 0.3 is 0 Å². The van der Waals surface area contributed by atoms with Crippen LogP contribution in [-0.2, 0) is 4.79 Å². The van der Waals surface area contributed by atoms with Gasteiger partial charge in [0.15, 0.2) is 0 Å². The lowest BCUT2D eigenvalue weighted by atomic mass is 9.94. The van der Waals surface area contributed by atoms with E-state index in [-0.39, 0.29) is 11.9 Å². The van der Waals surface area contributed by atoms with Gasteiger partial charge in [0.1, 0.15) is 0 Å². The molecule has 36 heavy (non-hydrogen) atoms. The summed E-state index contributed by atoms with van der Waals surface area (Å²) in [6.45, 7) is 6.25. The van der Waals surface area contributed by atoms with Crippen LogP contribution in [0.3, 0.4) is 0 Å². The number of rotatable bonds is 8. The summed E-state index contributed by atoms with van der Waals surface area (Å²) in [5.41, 5.74) is 5.89. The molecule has 3 aromatic carbocycles. The van der Waals surface area contributed by atoms with E-state index in [1.165, 1.54) is 5.56 Å². The molecule has 184 valence electrons. The fourth-order valence-corrected chi connectivity index (χ4v) is 5.15. The number of carbonyl (C=O) groups is 1. The van der Waals surface area contributed by atoms with E-state index >= 15 is 0 Å². The van der Waals surface area contributed by atoms with Gasteiger partial charge < -0.3 is 10.2 Å². The Bertz CT molecular complexity index is 1160. The van der Waals surface area contributed by atoms with Crippen LogP contribution >= 0.6 is 0 Å². The molecule has 1 fully saturated rings. The smallest absolute Gasteiger partial charge is 0.220 e. The van der Waals surface area contributed by atoms with Crippen LogP contribution < -0.4 is 5.32 Å². The summed E-state index contributed by atoms with van der Waals surface area (Å²) in [5, 5.41) is 3.34. The quantitative estimate of drug-likeness (QED) is 0.466. The molecule has 2 aliphatic rings. The maximum Gasteiger partial charge on any atom is 0.220 e. The third-order valence-corrected chi connectivity index (χ3v) is 7.18. The molecule has 0 bridgehead atoms. The third kappa shape index (κ3) is 6.20. The van der Waals surface area contributed by atoms with Crippen LogP contribution in [0.5, 0.6) is 0 Å². The number of hydrogen-bond donors (Lipinski definition) is 1. The molecular formula is C32H35N3O. The minimum Gasteiger partial charge on any atom is -0.345 e. The number of hydrogen-bond acceptors (Lipinski definition) is 3. The summed E-state index contributed by atoms with van der Waals surface area (Å²) in [4.78, 5) is 18.0. The molecule has 1 amide bonds. The molecule has 5 rings (SSSR count). The maximum atomic E-state index is 13.0. The predicted molar refractivity (Wildman–Crippen MR) is 149 cm³/mol. The lowest BCUT2D eigenvalue weighted by Gasteiger charge is -2.34. The van der Waals surface area contributed by atoms with Crippen LogP contribution in [0.25, 0.3) is 18.2 Å². The number of nitrogens with one attached hydrogen (secondary N) is 1. The molecule has 1 saturated heterocycles. The first-order valence-corrected chi connectivity index (χ1v) is 13.1. The Hall–Kier alpha value is -3.47. The van der Waals surface area contributed by atoms with Crippen LogP contribution in [0.2, 0.25) is 0 Å². The lowest BCUT2D eigenvalue weighted by molar-refractivity contribution is -0.121. The summed E-state index contributed by atoms with van der Waals surface area (Å²) in [5.74, 6) is 0.121. The van der Waals surface area contributed by atoms with E-state index < -0.39 is 0 Å². The molecule has 4 nitrogen and oxygen atoms in total. The van der Waals surface area contributed by atoms with Crippen molar-refractivity contribution < 1.29 is 4.79 Å². The number of carbonyl (C=O) groups excluding carboxylic acids is 1. The standard InChI is InChI=1S/C32H35N3O/c36-31(33-32-29-15-6-4-13-27(29)18-19-28-14-5-7-16-30(28)32)17-9-21-35-24-22-34(23-25-35)20-8-12-26-10-2-1-3-11-26/h1-8,10-16,18-19,32H,9,17,20-25H2,(H,33,36)/b12-8+. The Morgan fingerprint density at radius 2 is 1.36 bits per heavy atom. The van der Waals surface area contributed by atoms with Gasteiger partial charge in [0.2, 0.25) is 5.91 Å². The number of benzene rings is 3. The van der Waals surface area contributed by atoms with Crippen molar-refractivity contribution >= 4 is 24.1 Å². The SMILES string of the molecule is O=C(CCCN1CCN(C/C=C/c2ccccc2)CC1)NC1c2ccccc2C=Cc2ccccc21. The van der Waals surface area contributed by atoms with Crippen molar-refractivity contribution in [2.45, 2.75) is 18.9 Å². The van der Waals surface area contributed by atoms with Crippen molar-refractivity contribution in [1.29, 1.82) is 0 Å². The van der Waals surface area contributed by atoms with Crippen molar-refractivity contribution in [1.82, 2.24) is 15.1 Å². The van der Waals surface area contributed by atoms with E-state index in [0.29, 0.717) is 6.42 Å². The topological polar surface area (TPSA) is 35.6 Å². The largest absolute Gasteiger partial charge is 0.345 e. The Labute approximate surface area is 214 Å². The monoisotopic (exact) mass is 477 g/mol. The second kappa shape index (κ2) is 12.0. The summed E-state index contributed by atoms with van der Waals surface area (Å²) < 4.78 is 0. The molecule has 1 aliphatic carbocycles. The van der Waals surface area contributed by atoms with Crippen LogP contribution in [0.4, 0.5) is 0 Å². The zero-order chi connectivity index (χ0) is 24.6. The molecule has 0 unspecified atom stereocenters. The predicted octanol–water partition coefficient (Wildman–Crippen LogP) is 5.49. The lowest BCUT2D eigenvalue weighted by Crippen LogP contribution is -2.46. The molecule has 0 aromatic heterocycles. The molecule has 1 N–H and O–H groups in total. The van der Waals surface area contributed by atoms with E-state index in [0.717, 1.165) is 67.9 Å². The Kier molecular flexibility index (Phi) is 8.06. The molecule has 0 spiro atoms. The average Bonchev–Trinajstić information content (AvgIpc) is 3.07. The fraction of sp³-hybridized carbons (Fsp3) is 0.281. The van der Waals surface area contributed by atoms with Crippen molar-refractivity contribution in [3.8, 4) is 0 Å². The fourth-order valence-electron chi connectivity index (χ4n) is 5.15. The van der Waals surface area contributed by atoms with E-state index in [4.69, 9.17) is 0 Å². The second-order valence-corrected chi connectivity index (χ2v) is 9.65. The van der Waals surface area contributed by atoms with Gasteiger partial charge in [-0.2, -0.15) is 0 Å². The van der Waals surface area contributed by atoms with E-state index in [1.54, 1.807) is 0 Å². The van der Waals surface area contributed by atoms with Crippen LogP contribution in [-0.4, -0.2) is 55.0 Å². The summed E-state index contributed by atoms with van der Waals surface area (Å²) in [7, 11) is 0. The van der Waals surface area contributed by atoms with E-state index in [2.05, 4.69) is 112 Å². The van der Waals surface area contributed by atoms with Gasteiger partial charge in [-0.05, 0) is 40.8 Å². The molecule has 0 radical (unpaired) electrons. The first kappa shape index (κ1) is 24.2. The molecule has 0 saturated carbocycles. The van der Waals surface area contributed by atoms with Gasteiger partial charge in [0.05, 0.1) is 6.04 Å². The van der Waals surface area contributed by atoms with Gasteiger partial charge in [-0.3, -0.25) is 9.69 Å². The summed E-state index contributed by atoms with van der Waals surface area (Å²) in [6.07, 6.45) is 10.2. The van der Waals surface area contributed by atoms with Crippen molar-refractivity contribution in [3.63, 3.8) is 0 Å². The van der Waals surface area contributed by atoms with Gasteiger partial charge in [-0.25, -0.2) is 0 Å². The Morgan fingerprint density at radius 3 is 2.03 bits per heavy atom. The highest BCUT2D eigenvalue weighted by Gasteiger charge is 2.23. The Morgan fingerprint density at radius 1 is 0.778 bits per heavy atom. The molecular weight excluding hydrogens is 442 g/mol. The molecule has 3 aromatic rings. The zero-order valence-corrected chi connectivity index (χ0v) is 20.9. The third-order valence-electron chi connectivity index (χ3n) is 7.18. The first-order valence-electron chi connectivity index (χ1n) is 13.1. The highest BCUT2D eigenvalue weighted by atomic mass is 16.1. The van der Waals surface area contributed by atoms with Crippen LogP contribution in [0, 0.1) is 0 Å². The highest BCUT2D eigenvalue weighted by molar-refractivity contribution is 5.80. The second-order valence-electron chi connectivity index (χ2n) is 9.65. The molecule has 0 atom stereocenters. The van der Waals surface area contributed by atoms with Gasteiger partial charge in [-0.1, -0.05) is 103 Å². The van der Waals surface area contributed by atoms with Crippen molar-refractivity contribution in [3.05, 3.63) is 113 Å². The molecule has 1 aliphatic heterocycles. The van der Waals surface area contributed by atoms with Gasteiger partial charge in [0.25, 0.3) is 0 Å². The molecule has 4 heteroatoms. The van der Waals surface area contributed by atoms with Gasteiger partial charge in [0, 0.05) is 39.1 Å². The molecule has 1 heterocycles. The highest BCUT2D eigenvalue weighted by Crippen LogP contribution is 2.32. The summed E-state index contributed by atoms with van der Waals surface area (Å²) in [6, 6.07) is 27.0. The zero-order valence-electron chi connectivity index (χ0n) is 20.9. The Balaban J connectivity index is 1.08. The number of amides is 1. The maximum absolute atomic E-state index is 13.0. The first-order chi connectivity index (χ1) is 17.8. The number of fused-ring (bicyclic) bond motifs is 2. The van der Waals surface area contributed by atoms with E-state index in [9.17, 15) is 4.79 Å². The van der Waals surface area contributed by atoms with Crippen LogP contribution in [0.1, 0.15) is 46.7 Å². The van der Waals surface area contributed by atoms with Crippen molar-refractivity contribution in [2.24, 2.45) is 0 Å². The van der Waals surface area contributed by atoms with E-state index in [1.807, 2.05) is 6.07 Å². The average molecular weight is 478 g/mol. The summed E-state index contributed by atoms with van der Waals surface area (Å²) >= 11 is 0.